The molecule has 0 saturated heterocycles. The fraction of sp³-hybridized carbons (Fsp3) is 0.211. The molecule has 1 unspecified atom stereocenters. The van der Waals surface area contributed by atoms with Gasteiger partial charge in [-0.1, -0.05) is 24.3 Å². The van der Waals surface area contributed by atoms with Gasteiger partial charge in [0.25, 0.3) is 15.9 Å². The summed E-state index contributed by atoms with van der Waals surface area (Å²) >= 11 is 0. The molecule has 2 aromatic carbocycles. The molecule has 146 valence electrons. The molecule has 9 heteroatoms. The average Bonchev–Trinajstić information content (AvgIpc) is 2.91. The van der Waals surface area contributed by atoms with E-state index >= 15 is 0 Å². The van der Waals surface area contributed by atoms with Crippen LogP contribution in [0.25, 0.3) is 0 Å². The summed E-state index contributed by atoms with van der Waals surface area (Å²) in [5.41, 5.74) is 0.416. The molecule has 3 rings (SSSR count). The minimum Gasteiger partial charge on any atom is -0.465 e. The average molecular weight is 402 g/mol. The van der Waals surface area contributed by atoms with Crippen LogP contribution in [0.5, 0.6) is 0 Å². The third-order valence-corrected chi connectivity index (χ3v) is 6.48. The number of esters is 1. The van der Waals surface area contributed by atoms with Gasteiger partial charge in [0, 0.05) is 7.05 Å². The van der Waals surface area contributed by atoms with Crippen LogP contribution in [-0.2, 0) is 19.6 Å². The highest BCUT2D eigenvalue weighted by atomic mass is 32.2. The maximum atomic E-state index is 13.0. The van der Waals surface area contributed by atoms with Crippen LogP contribution >= 0.6 is 0 Å². The number of hydrogen-bond donors (Lipinski definition) is 0. The van der Waals surface area contributed by atoms with E-state index in [1.54, 1.807) is 18.2 Å². The first kappa shape index (κ1) is 19.6. The number of benzene rings is 2. The van der Waals surface area contributed by atoms with Crippen molar-refractivity contribution in [2.24, 2.45) is 0 Å². The Labute approximate surface area is 162 Å². The van der Waals surface area contributed by atoms with Crippen molar-refractivity contribution >= 4 is 33.5 Å². The normalized spacial score (nSPS) is 15.7. The van der Waals surface area contributed by atoms with E-state index in [-0.39, 0.29) is 21.7 Å². The van der Waals surface area contributed by atoms with E-state index in [1.165, 1.54) is 51.4 Å². The van der Waals surface area contributed by atoms with E-state index in [0.717, 1.165) is 4.90 Å². The fourth-order valence-electron chi connectivity index (χ4n) is 3.13. The number of hydrogen-bond acceptors (Lipinski definition) is 6. The summed E-state index contributed by atoms with van der Waals surface area (Å²) in [6.07, 6.45) is 0. The molecule has 0 bridgehead atoms. The van der Waals surface area contributed by atoms with Gasteiger partial charge in [-0.2, -0.15) is 0 Å². The third-order valence-electron chi connectivity index (χ3n) is 4.56. The monoisotopic (exact) mass is 402 g/mol. The van der Waals surface area contributed by atoms with Crippen LogP contribution in [0.3, 0.4) is 0 Å². The molecule has 1 heterocycles. The fourth-order valence-corrected chi connectivity index (χ4v) is 4.85. The van der Waals surface area contributed by atoms with Crippen LogP contribution in [0.1, 0.15) is 27.6 Å². The van der Waals surface area contributed by atoms with Crippen molar-refractivity contribution in [1.29, 1.82) is 0 Å². The van der Waals surface area contributed by atoms with Crippen molar-refractivity contribution in [3.63, 3.8) is 0 Å². The lowest BCUT2D eigenvalue weighted by Gasteiger charge is -2.27. The number of methoxy groups -OCH3 is 1. The number of ether oxygens (including phenoxy) is 1. The highest BCUT2D eigenvalue weighted by Gasteiger charge is 2.46. The minimum atomic E-state index is -4.14. The second-order valence-electron chi connectivity index (χ2n) is 6.18. The molecule has 1 atom stereocenters. The molecular formula is C19H18N2O6S. The molecule has 0 spiro atoms. The summed E-state index contributed by atoms with van der Waals surface area (Å²) in [6.45, 7) is 1.33. The van der Waals surface area contributed by atoms with Gasteiger partial charge in [0.15, 0.2) is 0 Å². The van der Waals surface area contributed by atoms with Crippen LogP contribution in [0.2, 0.25) is 0 Å². The maximum Gasteiger partial charge on any atom is 0.339 e. The summed E-state index contributed by atoms with van der Waals surface area (Å²) in [5, 5.41) is 0. The van der Waals surface area contributed by atoms with Crippen molar-refractivity contribution in [1.82, 2.24) is 4.31 Å². The van der Waals surface area contributed by atoms with Crippen molar-refractivity contribution in [2.45, 2.75) is 17.9 Å². The number of likely N-dealkylation sites (N-methyl/N-ethyl adjacent to an activating group) is 1. The van der Waals surface area contributed by atoms with Crippen LogP contribution in [0.15, 0.2) is 53.4 Å². The number of nitrogens with zero attached hydrogens (tertiary/aromatic N) is 2. The predicted octanol–water partition coefficient (Wildman–Crippen LogP) is 1.67. The van der Waals surface area contributed by atoms with E-state index in [9.17, 15) is 22.8 Å². The molecule has 0 aromatic heterocycles. The quantitative estimate of drug-likeness (QED) is 0.721. The number of sulfonamides is 1. The molecule has 2 aromatic rings. The number of carbonyl (C=O) groups excluding carboxylic acids is 3. The molecule has 0 saturated carbocycles. The number of amides is 2. The van der Waals surface area contributed by atoms with Crippen LogP contribution in [0.4, 0.5) is 5.69 Å². The lowest BCUT2D eigenvalue weighted by molar-refractivity contribution is -0.121. The van der Waals surface area contributed by atoms with E-state index in [1.807, 2.05) is 0 Å². The smallest absolute Gasteiger partial charge is 0.339 e. The minimum absolute atomic E-state index is 0.0276. The van der Waals surface area contributed by atoms with Crippen molar-refractivity contribution in [2.75, 3.05) is 19.1 Å². The molecule has 0 fully saturated rings. The van der Waals surface area contributed by atoms with Crippen LogP contribution < -0.4 is 4.90 Å². The topological polar surface area (TPSA) is 101 Å². The molecule has 1 aliphatic heterocycles. The zero-order valence-corrected chi connectivity index (χ0v) is 16.3. The summed E-state index contributed by atoms with van der Waals surface area (Å²) in [5.74, 6) is -2.06. The predicted molar refractivity (Wildman–Crippen MR) is 100 cm³/mol. The van der Waals surface area contributed by atoms with Crippen molar-refractivity contribution in [3.8, 4) is 0 Å². The SMILES string of the molecule is COC(=O)c1ccccc1N(C)C(=O)C(C)N1C(=O)c2ccccc2S1(=O)=O. The molecule has 1 aliphatic rings. The number of fused-ring (bicyclic) bond motifs is 1. The van der Waals surface area contributed by atoms with Gasteiger partial charge in [-0.3, -0.25) is 9.59 Å². The zero-order valence-electron chi connectivity index (χ0n) is 15.4. The highest BCUT2D eigenvalue weighted by molar-refractivity contribution is 7.90. The van der Waals surface area contributed by atoms with Crippen molar-refractivity contribution in [3.05, 3.63) is 59.7 Å². The first-order valence-corrected chi connectivity index (χ1v) is 9.78. The molecular weight excluding hydrogens is 384 g/mol. The Morgan fingerprint density at radius 1 is 1.07 bits per heavy atom. The molecule has 8 nitrogen and oxygen atoms in total. The first-order chi connectivity index (χ1) is 13.2. The number of rotatable bonds is 4. The Morgan fingerprint density at radius 2 is 1.68 bits per heavy atom. The first-order valence-electron chi connectivity index (χ1n) is 8.34. The molecule has 0 aliphatic carbocycles. The highest BCUT2D eigenvalue weighted by Crippen LogP contribution is 2.32. The Bertz CT molecular complexity index is 1080. The van der Waals surface area contributed by atoms with E-state index in [0.29, 0.717) is 4.31 Å². The van der Waals surface area contributed by atoms with Gasteiger partial charge in [-0.05, 0) is 31.2 Å². The van der Waals surface area contributed by atoms with Gasteiger partial charge in [0.2, 0.25) is 5.91 Å². The molecule has 0 radical (unpaired) electrons. The standard InChI is InChI=1S/C19H18N2O6S/c1-12(21-18(23)14-9-5-7-11-16(14)28(21,25)26)17(22)20(2)15-10-6-4-8-13(15)19(24)27-3/h4-12H,1-3H3. The van der Waals surface area contributed by atoms with Gasteiger partial charge >= 0.3 is 5.97 Å². The number of para-hydroxylation sites is 1. The van der Waals surface area contributed by atoms with Gasteiger partial charge in [-0.25, -0.2) is 17.5 Å². The van der Waals surface area contributed by atoms with Gasteiger partial charge < -0.3 is 9.64 Å². The van der Waals surface area contributed by atoms with Crippen molar-refractivity contribution < 1.29 is 27.5 Å². The lowest BCUT2D eigenvalue weighted by atomic mass is 10.1. The van der Waals surface area contributed by atoms with E-state index < -0.39 is 33.8 Å². The third kappa shape index (κ3) is 2.93. The second kappa shape index (κ2) is 7.08. The van der Waals surface area contributed by atoms with E-state index in [4.69, 9.17) is 4.74 Å². The Kier molecular flexibility index (Phi) is 4.95. The largest absolute Gasteiger partial charge is 0.465 e. The van der Waals surface area contributed by atoms with Gasteiger partial charge in [0.05, 0.1) is 23.9 Å². The van der Waals surface area contributed by atoms with E-state index in [2.05, 4.69) is 0 Å². The second-order valence-corrected chi connectivity index (χ2v) is 7.97. The van der Waals surface area contributed by atoms with Gasteiger partial charge in [-0.15, -0.1) is 0 Å². The lowest BCUT2D eigenvalue weighted by Crippen LogP contribution is -2.48. The number of carbonyl (C=O) groups is 3. The summed E-state index contributed by atoms with van der Waals surface area (Å²) in [6, 6.07) is 10.8. The summed E-state index contributed by atoms with van der Waals surface area (Å²) < 4.78 is 30.9. The molecule has 0 N–H and O–H groups in total. The summed E-state index contributed by atoms with van der Waals surface area (Å²) in [4.78, 5) is 38.6. The molecule has 28 heavy (non-hydrogen) atoms. The Morgan fingerprint density at radius 3 is 2.32 bits per heavy atom. The summed E-state index contributed by atoms with van der Waals surface area (Å²) in [7, 11) is -1.52. The van der Waals surface area contributed by atoms with Crippen LogP contribution in [-0.4, -0.2) is 50.7 Å². The Balaban J connectivity index is 1.97. The van der Waals surface area contributed by atoms with Crippen LogP contribution in [0, 0.1) is 0 Å². The Hall–Kier alpha value is -3.20. The maximum absolute atomic E-state index is 13.0. The zero-order chi connectivity index (χ0) is 20.6. The molecule has 2 amide bonds. The van der Waals surface area contributed by atoms with Gasteiger partial charge in [0.1, 0.15) is 10.9 Å². The number of anilines is 1.